The number of allylic oxidation sites excluding steroid dienone is 1. The summed E-state index contributed by atoms with van der Waals surface area (Å²) < 4.78 is 5.09. The Morgan fingerprint density at radius 2 is 1.76 bits per heavy atom. The molecule has 176 valence electrons. The molecule has 0 amide bonds. The molecular weight excluding hydrogens is 442 g/mol. The Balaban J connectivity index is 1.79. The minimum Gasteiger partial charge on any atom is -0.462 e. The van der Waals surface area contributed by atoms with Gasteiger partial charge in [0.1, 0.15) is 10.8 Å². The Morgan fingerprint density at radius 1 is 1.09 bits per heavy atom. The average molecular weight is 474 g/mol. The number of benzene rings is 2. The van der Waals surface area contributed by atoms with Crippen LogP contribution >= 0.6 is 11.3 Å². The number of ketones is 1. The van der Waals surface area contributed by atoms with E-state index in [4.69, 9.17) is 9.72 Å². The van der Waals surface area contributed by atoms with Gasteiger partial charge in [-0.05, 0) is 80.0 Å². The highest BCUT2D eigenvalue weighted by Gasteiger charge is 2.31. The van der Waals surface area contributed by atoms with E-state index in [0.717, 1.165) is 39.4 Å². The van der Waals surface area contributed by atoms with Gasteiger partial charge in [0, 0.05) is 10.5 Å². The van der Waals surface area contributed by atoms with Crippen LogP contribution in [0.15, 0.2) is 48.5 Å². The highest BCUT2D eigenvalue weighted by molar-refractivity contribution is 7.12. The van der Waals surface area contributed by atoms with Crippen LogP contribution in [-0.4, -0.2) is 23.3 Å². The first kappa shape index (κ1) is 24.1. The Morgan fingerprint density at radius 3 is 2.35 bits per heavy atom. The van der Waals surface area contributed by atoms with Crippen LogP contribution in [0.5, 0.6) is 0 Å². The van der Waals surface area contributed by atoms with Crippen molar-refractivity contribution in [1.29, 1.82) is 0 Å². The van der Waals surface area contributed by atoms with Gasteiger partial charge in [0.15, 0.2) is 0 Å². The predicted octanol–water partition coefficient (Wildman–Crippen LogP) is 6.77. The van der Waals surface area contributed by atoms with Crippen LogP contribution in [0.1, 0.15) is 88.2 Å². The van der Waals surface area contributed by atoms with Crippen LogP contribution in [0.25, 0.3) is 5.57 Å². The van der Waals surface area contributed by atoms with Crippen molar-refractivity contribution in [2.45, 2.75) is 59.3 Å². The number of fused-ring (bicyclic) bond motifs is 1. The summed E-state index contributed by atoms with van der Waals surface area (Å²) in [6.45, 7) is 12.4. The number of thiazole rings is 1. The van der Waals surface area contributed by atoms with Gasteiger partial charge in [-0.3, -0.25) is 4.79 Å². The van der Waals surface area contributed by atoms with Gasteiger partial charge < -0.3 is 4.74 Å². The van der Waals surface area contributed by atoms with Crippen LogP contribution in [0.2, 0.25) is 0 Å². The van der Waals surface area contributed by atoms with E-state index < -0.39 is 5.92 Å². The molecule has 4 nitrogen and oxygen atoms in total. The largest absolute Gasteiger partial charge is 0.462 e. The second-order valence-corrected chi connectivity index (χ2v) is 10.8. The van der Waals surface area contributed by atoms with E-state index in [1.165, 1.54) is 10.4 Å². The molecule has 1 aliphatic rings. The number of carbonyl (C=O) groups excluding carboxylic acids is 2. The molecule has 4 rings (SSSR count). The zero-order valence-electron chi connectivity index (χ0n) is 20.7. The summed E-state index contributed by atoms with van der Waals surface area (Å²) in [6, 6.07) is 13.6. The summed E-state index contributed by atoms with van der Waals surface area (Å²) in [5, 5.41) is 1.03. The zero-order valence-corrected chi connectivity index (χ0v) is 21.5. The molecule has 5 heteroatoms. The Bertz CT molecular complexity index is 1260. The highest BCUT2D eigenvalue weighted by Crippen LogP contribution is 2.44. The third-order valence-corrected chi connectivity index (χ3v) is 7.74. The third-order valence-electron chi connectivity index (χ3n) is 6.63. The fraction of sp³-hybridized carbons (Fsp3) is 0.345. The van der Waals surface area contributed by atoms with Crippen LogP contribution in [0.3, 0.4) is 0 Å². The molecule has 1 heterocycles. The van der Waals surface area contributed by atoms with Crippen LogP contribution in [-0.2, 0) is 14.9 Å². The third kappa shape index (κ3) is 4.49. The maximum Gasteiger partial charge on any atom is 0.338 e. The first-order valence-corrected chi connectivity index (χ1v) is 12.5. The van der Waals surface area contributed by atoms with E-state index in [9.17, 15) is 9.59 Å². The normalized spacial score (nSPS) is 15.3. The fourth-order valence-corrected chi connectivity index (χ4v) is 5.58. The fourth-order valence-electron chi connectivity index (χ4n) is 4.61. The topological polar surface area (TPSA) is 56.3 Å². The number of rotatable bonds is 6. The van der Waals surface area contributed by atoms with E-state index in [-0.39, 0.29) is 17.2 Å². The van der Waals surface area contributed by atoms with Crippen molar-refractivity contribution in [1.82, 2.24) is 4.98 Å². The van der Waals surface area contributed by atoms with Gasteiger partial charge in [0.05, 0.1) is 23.8 Å². The number of aryl methyl sites for hydroxylation is 2. The standard InChI is InChI=1S/C29H31NO3S/c1-7-33-28(32)21-10-8-20(9-11-21)26(18(3)31)22-12-13-25-24(16-22)23(14-15-29(25,5)6)27-30-17(2)19(4)34-27/h8-14,16,26H,7,15H2,1-6H3. The monoisotopic (exact) mass is 473 g/mol. The van der Waals surface area contributed by atoms with Gasteiger partial charge >= 0.3 is 5.97 Å². The number of hydrogen-bond donors (Lipinski definition) is 0. The highest BCUT2D eigenvalue weighted by atomic mass is 32.1. The van der Waals surface area contributed by atoms with Crippen molar-refractivity contribution < 1.29 is 14.3 Å². The van der Waals surface area contributed by atoms with Gasteiger partial charge in [-0.25, -0.2) is 9.78 Å². The molecule has 0 N–H and O–H groups in total. The second-order valence-electron chi connectivity index (χ2n) is 9.56. The molecule has 0 aliphatic heterocycles. The Labute approximate surface area is 205 Å². The number of ether oxygens (including phenoxy) is 1. The minimum absolute atomic E-state index is 0.00567. The van der Waals surface area contributed by atoms with Gasteiger partial charge in [-0.1, -0.05) is 44.2 Å². The van der Waals surface area contributed by atoms with E-state index in [0.29, 0.717) is 12.2 Å². The van der Waals surface area contributed by atoms with Crippen LogP contribution < -0.4 is 0 Å². The predicted molar refractivity (Wildman–Crippen MR) is 138 cm³/mol. The van der Waals surface area contributed by atoms with E-state index in [2.05, 4.69) is 45.0 Å². The number of nitrogens with zero attached hydrogens (tertiary/aromatic N) is 1. The van der Waals surface area contributed by atoms with Gasteiger partial charge in [-0.2, -0.15) is 0 Å². The molecule has 1 atom stereocenters. The molecule has 0 saturated carbocycles. The van der Waals surface area contributed by atoms with Gasteiger partial charge in [-0.15, -0.1) is 11.3 Å². The lowest BCUT2D eigenvalue weighted by Gasteiger charge is -2.32. The Kier molecular flexibility index (Phi) is 6.59. The number of esters is 1. The summed E-state index contributed by atoms with van der Waals surface area (Å²) >= 11 is 1.72. The molecule has 3 aromatic rings. The van der Waals surface area contributed by atoms with Crippen molar-refractivity contribution in [3.8, 4) is 0 Å². The molecule has 0 spiro atoms. The van der Waals surface area contributed by atoms with Crippen molar-refractivity contribution in [3.63, 3.8) is 0 Å². The molecule has 1 unspecified atom stereocenters. The SMILES string of the molecule is CCOC(=O)c1ccc(C(C(C)=O)c2ccc3c(c2)C(c2nc(C)c(C)s2)=CCC3(C)C)cc1. The quantitative estimate of drug-likeness (QED) is 0.371. The molecule has 2 aromatic carbocycles. The molecule has 0 radical (unpaired) electrons. The lowest BCUT2D eigenvalue weighted by molar-refractivity contribution is -0.117. The molecule has 1 aliphatic carbocycles. The number of carbonyl (C=O) groups is 2. The van der Waals surface area contributed by atoms with Gasteiger partial charge in [0.2, 0.25) is 0 Å². The van der Waals surface area contributed by atoms with Crippen molar-refractivity contribution in [3.05, 3.63) is 91.9 Å². The number of Topliss-reactive ketones (excluding diaryl/α,β-unsaturated/α-hetero) is 1. The summed E-state index contributed by atoms with van der Waals surface area (Å²) in [7, 11) is 0. The minimum atomic E-state index is -0.410. The summed E-state index contributed by atoms with van der Waals surface area (Å²) in [5.41, 5.74) is 6.94. The van der Waals surface area contributed by atoms with Crippen LogP contribution in [0, 0.1) is 13.8 Å². The summed E-state index contributed by atoms with van der Waals surface area (Å²) in [6.07, 6.45) is 3.23. The van der Waals surface area contributed by atoms with Crippen molar-refractivity contribution in [2.75, 3.05) is 6.61 Å². The molecule has 34 heavy (non-hydrogen) atoms. The first-order chi connectivity index (χ1) is 16.1. The maximum absolute atomic E-state index is 12.8. The summed E-state index contributed by atoms with van der Waals surface area (Å²) in [4.78, 5) is 30.9. The molecule has 1 aromatic heterocycles. The number of hydrogen-bond acceptors (Lipinski definition) is 5. The molecule has 0 bridgehead atoms. The lowest BCUT2D eigenvalue weighted by Crippen LogP contribution is -2.22. The van der Waals surface area contributed by atoms with Crippen LogP contribution in [0.4, 0.5) is 0 Å². The molecule has 0 saturated heterocycles. The van der Waals surface area contributed by atoms with E-state index in [1.54, 1.807) is 37.3 Å². The second kappa shape index (κ2) is 9.30. The van der Waals surface area contributed by atoms with E-state index >= 15 is 0 Å². The molecular formula is C29H31NO3S. The van der Waals surface area contributed by atoms with Gasteiger partial charge in [0.25, 0.3) is 0 Å². The first-order valence-electron chi connectivity index (χ1n) is 11.7. The smallest absolute Gasteiger partial charge is 0.338 e. The average Bonchev–Trinajstić information content (AvgIpc) is 3.12. The van der Waals surface area contributed by atoms with E-state index in [1.807, 2.05) is 19.1 Å². The van der Waals surface area contributed by atoms with Crippen molar-refractivity contribution in [2.24, 2.45) is 0 Å². The number of aromatic nitrogens is 1. The lowest BCUT2D eigenvalue weighted by atomic mass is 9.72. The summed E-state index contributed by atoms with van der Waals surface area (Å²) in [5.74, 6) is -0.703. The Hall–Kier alpha value is -3.05. The maximum atomic E-state index is 12.8. The zero-order chi connectivity index (χ0) is 24.6. The molecule has 0 fully saturated rings. The van der Waals surface area contributed by atoms with Crippen molar-refractivity contribution >= 4 is 28.7 Å².